The van der Waals surface area contributed by atoms with Crippen molar-refractivity contribution in [3.63, 3.8) is 0 Å². The van der Waals surface area contributed by atoms with Gasteiger partial charge in [0.15, 0.2) is 0 Å². The molecule has 8 heteroatoms. The van der Waals surface area contributed by atoms with Crippen LogP contribution in [-0.4, -0.2) is 24.7 Å². The van der Waals surface area contributed by atoms with Crippen LogP contribution in [0.3, 0.4) is 0 Å². The van der Waals surface area contributed by atoms with Crippen LogP contribution in [0.4, 0.5) is 5.69 Å². The molecule has 2 aromatic rings. The topological polar surface area (TPSA) is 90.0 Å². The summed E-state index contributed by atoms with van der Waals surface area (Å²) in [6.07, 6.45) is 0. The smallest absolute Gasteiger partial charge is 0.265 e. The fourth-order valence-corrected chi connectivity index (χ4v) is 3.73. The molecular weight excluding hydrogens is 312 g/mol. The summed E-state index contributed by atoms with van der Waals surface area (Å²) in [5.41, 5.74) is 6.96. The van der Waals surface area contributed by atoms with E-state index in [0.29, 0.717) is 35.2 Å². The lowest BCUT2D eigenvalue weighted by Crippen LogP contribution is -2.16. The molecule has 0 aliphatic heterocycles. The number of nitrogens with two attached hydrogens (primary N) is 1. The third-order valence-corrected chi connectivity index (χ3v) is 4.91. The van der Waals surface area contributed by atoms with E-state index in [0.717, 1.165) is 0 Å². The molecule has 0 saturated carbocycles. The van der Waals surface area contributed by atoms with Gasteiger partial charge in [-0.2, -0.15) is 5.10 Å². The van der Waals surface area contributed by atoms with Crippen LogP contribution >= 0.6 is 11.6 Å². The van der Waals surface area contributed by atoms with Crippen LogP contribution in [0.5, 0.6) is 0 Å². The molecule has 0 aliphatic rings. The highest BCUT2D eigenvalue weighted by Gasteiger charge is 2.24. The number of hydrogen-bond donors (Lipinski definition) is 2. The van der Waals surface area contributed by atoms with Crippen molar-refractivity contribution in [3.05, 3.63) is 40.7 Å². The maximum absolute atomic E-state index is 12.5. The minimum Gasteiger partial charge on any atom is -0.329 e. The predicted octanol–water partition coefficient (Wildman–Crippen LogP) is 1.91. The van der Waals surface area contributed by atoms with E-state index in [4.69, 9.17) is 17.3 Å². The van der Waals surface area contributed by atoms with Crippen molar-refractivity contribution in [2.75, 3.05) is 11.3 Å². The van der Waals surface area contributed by atoms with Crippen molar-refractivity contribution >= 4 is 27.3 Å². The molecule has 21 heavy (non-hydrogen) atoms. The largest absolute Gasteiger partial charge is 0.329 e. The standard InChI is InChI=1S/C13H17ClN4O2S/c1-9-13(10(2)18(16-9)8-7-15)21(19,20)17-12-5-3-11(14)4-6-12/h3-6,17H,7-8,15H2,1-2H3. The first kappa shape index (κ1) is 15.8. The Kier molecular flexibility index (Phi) is 4.55. The maximum Gasteiger partial charge on any atom is 0.265 e. The van der Waals surface area contributed by atoms with Gasteiger partial charge in [0, 0.05) is 17.3 Å². The Balaban J connectivity index is 2.38. The van der Waals surface area contributed by atoms with Gasteiger partial charge in [0.1, 0.15) is 4.90 Å². The van der Waals surface area contributed by atoms with E-state index in [1.165, 1.54) is 0 Å². The Hall–Kier alpha value is -1.57. The molecule has 0 atom stereocenters. The number of benzene rings is 1. The Morgan fingerprint density at radius 1 is 1.29 bits per heavy atom. The number of aryl methyl sites for hydroxylation is 1. The highest BCUT2D eigenvalue weighted by atomic mass is 35.5. The van der Waals surface area contributed by atoms with Crippen LogP contribution in [0.1, 0.15) is 11.4 Å². The average molecular weight is 329 g/mol. The summed E-state index contributed by atoms with van der Waals surface area (Å²) in [6, 6.07) is 6.46. The van der Waals surface area contributed by atoms with E-state index in [2.05, 4.69) is 9.82 Å². The summed E-state index contributed by atoms with van der Waals surface area (Å²) in [5, 5.41) is 4.76. The zero-order valence-electron chi connectivity index (χ0n) is 11.8. The summed E-state index contributed by atoms with van der Waals surface area (Å²) >= 11 is 5.79. The fraction of sp³-hybridized carbons (Fsp3) is 0.308. The third kappa shape index (κ3) is 3.37. The number of rotatable bonds is 5. The first-order valence-corrected chi connectivity index (χ1v) is 8.23. The molecule has 0 saturated heterocycles. The van der Waals surface area contributed by atoms with Gasteiger partial charge in [-0.3, -0.25) is 9.40 Å². The molecule has 6 nitrogen and oxygen atoms in total. The van der Waals surface area contributed by atoms with Crippen molar-refractivity contribution < 1.29 is 8.42 Å². The van der Waals surface area contributed by atoms with E-state index >= 15 is 0 Å². The normalized spacial score (nSPS) is 11.6. The van der Waals surface area contributed by atoms with E-state index in [1.807, 2.05) is 0 Å². The number of nitrogens with one attached hydrogen (secondary N) is 1. The van der Waals surface area contributed by atoms with Crippen LogP contribution in [-0.2, 0) is 16.6 Å². The van der Waals surface area contributed by atoms with Crippen molar-refractivity contribution in [1.82, 2.24) is 9.78 Å². The minimum atomic E-state index is -3.70. The lowest BCUT2D eigenvalue weighted by Gasteiger charge is -2.09. The number of sulfonamides is 1. The molecule has 1 aromatic carbocycles. The molecule has 1 heterocycles. The Bertz CT molecular complexity index is 738. The van der Waals surface area contributed by atoms with Crippen LogP contribution < -0.4 is 10.5 Å². The highest BCUT2D eigenvalue weighted by molar-refractivity contribution is 7.92. The average Bonchev–Trinajstić information content (AvgIpc) is 2.68. The lowest BCUT2D eigenvalue weighted by atomic mass is 10.3. The van der Waals surface area contributed by atoms with E-state index < -0.39 is 10.0 Å². The zero-order chi connectivity index (χ0) is 15.6. The zero-order valence-corrected chi connectivity index (χ0v) is 13.4. The van der Waals surface area contributed by atoms with Gasteiger partial charge in [0.2, 0.25) is 0 Å². The van der Waals surface area contributed by atoms with Gasteiger partial charge in [-0.05, 0) is 38.1 Å². The Morgan fingerprint density at radius 3 is 2.48 bits per heavy atom. The molecule has 0 spiro atoms. The van der Waals surface area contributed by atoms with Gasteiger partial charge < -0.3 is 5.73 Å². The highest BCUT2D eigenvalue weighted by Crippen LogP contribution is 2.23. The van der Waals surface area contributed by atoms with Gasteiger partial charge in [-0.15, -0.1) is 0 Å². The second-order valence-electron chi connectivity index (χ2n) is 4.62. The van der Waals surface area contributed by atoms with Crippen LogP contribution in [0.2, 0.25) is 5.02 Å². The second kappa shape index (κ2) is 6.05. The van der Waals surface area contributed by atoms with Crippen LogP contribution in [0, 0.1) is 13.8 Å². The number of anilines is 1. The Morgan fingerprint density at radius 2 is 1.90 bits per heavy atom. The number of hydrogen-bond acceptors (Lipinski definition) is 4. The summed E-state index contributed by atoms with van der Waals surface area (Å²) in [5.74, 6) is 0. The molecule has 2 rings (SSSR count). The van der Waals surface area contributed by atoms with E-state index in [1.54, 1.807) is 42.8 Å². The molecule has 0 fully saturated rings. The van der Waals surface area contributed by atoms with Crippen LogP contribution in [0.15, 0.2) is 29.2 Å². The van der Waals surface area contributed by atoms with Crippen molar-refractivity contribution in [3.8, 4) is 0 Å². The molecule has 1 aromatic heterocycles. The molecule has 0 unspecified atom stereocenters. The van der Waals surface area contributed by atoms with E-state index in [9.17, 15) is 8.42 Å². The number of nitrogens with zero attached hydrogens (tertiary/aromatic N) is 2. The molecule has 114 valence electrons. The molecule has 0 amide bonds. The molecule has 0 bridgehead atoms. The first-order valence-electron chi connectivity index (χ1n) is 6.37. The van der Waals surface area contributed by atoms with Gasteiger partial charge in [-0.25, -0.2) is 8.42 Å². The van der Waals surface area contributed by atoms with Gasteiger partial charge in [0.05, 0.1) is 17.9 Å². The van der Waals surface area contributed by atoms with Crippen molar-refractivity contribution in [2.45, 2.75) is 25.3 Å². The maximum atomic E-state index is 12.5. The Labute approximate surface area is 129 Å². The molecule has 0 aliphatic carbocycles. The third-order valence-electron chi connectivity index (χ3n) is 3.02. The molecule has 3 N–H and O–H groups in total. The van der Waals surface area contributed by atoms with Gasteiger partial charge in [0.25, 0.3) is 10.0 Å². The monoisotopic (exact) mass is 328 g/mol. The number of halogens is 1. The summed E-state index contributed by atoms with van der Waals surface area (Å²) in [6.45, 7) is 4.25. The summed E-state index contributed by atoms with van der Waals surface area (Å²) < 4.78 is 29.2. The fourth-order valence-electron chi connectivity index (χ4n) is 2.13. The predicted molar refractivity (Wildman–Crippen MR) is 83.0 cm³/mol. The van der Waals surface area contributed by atoms with Crippen molar-refractivity contribution in [2.24, 2.45) is 5.73 Å². The first-order chi connectivity index (χ1) is 9.85. The quantitative estimate of drug-likeness (QED) is 0.877. The van der Waals surface area contributed by atoms with Crippen LogP contribution in [0.25, 0.3) is 0 Å². The number of aromatic nitrogens is 2. The lowest BCUT2D eigenvalue weighted by molar-refractivity contribution is 0.593. The molecule has 0 radical (unpaired) electrons. The van der Waals surface area contributed by atoms with E-state index in [-0.39, 0.29) is 4.90 Å². The van der Waals surface area contributed by atoms with Crippen molar-refractivity contribution in [1.29, 1.82) is 0 Å². The minimum absolute atomic E-state index is 0.186. The summed E-state index contributed by atoms with van der Waals surface area (Å²) in [4.78, 5) is 0.186. The SMILES string of the molecule is Cc1nn(CCN)c(C)c1S(=O)(=O)Nc1ccc(Cl)cc1. The molecular formula is C13H17ClN4O2S. The van der Waals surface area contributed by atoms with Gasteiger partial charge in [-0.1, -0.05) is 11.6 Å². The summed E-state index contributed by atoms with van der Waals surface area (Å²) in [7, 11) is -3.70. The second-order valence-corrected chi connectivity index (χ2v) is 6.68. The van der Waals surface area contributed by atoms with Gasteiger partial charge >= 0.3 is 0 Å².